The average Bonchev–Trinajstić information content (AvgIpc) is 3.30. The molecular formula is C21H24N4O2. The lowest BCUT2D eigenvalue weighted by molar-refractivity contribution is -0.133. The lowest BCUT2D eigenvalue weighted by atomic mass is 10.1. The van der Waals surface area contributed by atoms with Crippen LogP contribution in [-0.4, -0.2) is 38.2 Å². The molecule has 140 valence electrons. The molecule has 27 heavy (non-hydrogen) atoms. The Balaban J connectivity index is 1.97. The molecule has 0 saturated carbocycles. The number of hydrogen-bond acceptors (Lipinski definition) is 3. The van der Waals surface area contributed by atoms with Gasteiger partial charge in [0.1, 0.15) is 11.7 Å². The van der Waals surface area contributed by atoms with Crippen LogP contribution in [0.2, 0.25) is 0 Å². The van der Waals surface area contributed by atoms with Crippen LogP contribution in [0.4, 0.5) is 0 Å². The number of aromatic nitrogens is 3. The molecule has 1 aliphatic heterocycles. The number of rotatable bonds is 3. The van der Waals surface area contributed by atoms with Crippen molar-refractivity contribution in [1.82, 2.24) is 19.2 Å². The number of amides is 1. The molecule has 1 fully saturated rings. The minimum Gasteiger partial charge on any atom is -0.341 e. The van der Waals surface area contributed by atoms with Crippen molar-refractivity contribution < 1.29 is 4.79 Å². The second-order valence-corrected chi connectivity index (χ2v) is 7.28. The molecule has 3 heterocycles. The first kappa shape index (κ1) is 17.5. The Labute approximate surface area is 158 Å². The molecule has 1 amide bonds. The molecule has 0 spiro atoms. The number of carbonyl (C=O) groups excluding carboxylic acids is 1. The second kappa shape index (κ2) is 6.68. The summed E-state index contributed by atoms with van der Waals surface area (Å²) in [4.78, 5) is 27.8. The van der Waals surface area contributed by atoms with Crippen molar-refractivity contribution in [3.63, 3.8) is 0 Å². The van der Waals surface area contributed by atoms with Crippen molar-refractivity contribution in [3.8, 4) is 5.69 Å². The summed E-state index contributed by atoms with van der Waals surface area (Å²) in [5, 5.41) is 5.62. The number of para-hydroxylation sites is 1. The number of fused-ring (bicyclic) bond motifs is 1. The molecule has 6 heteroatoms. The van der Waals surface area contributed by atoms with E-state index in [1.807, 2.05) is 56.0 Å². The molecule has 1 aliphatic rings. The lowest BCUT2D eigenvalue weighted by Crippen LogP contribution is -2.38. The third-order valence-electron chi connectivity index (χ3n) is 5.40. The summed E-state index contributed by atoms with van der Waals surface area (Å²) in [6.45, 7) is 7.21. The smallest absolute Gasteiger partial charge is 0.253 e. The number of likely N-dealkylation sites (tertiary alicyclic amines) is 1. The predicted octanol–water partition coefficient (Wildman–Crippen LogP) is 2.99. The molecule has 0 N–H and O–H groups in total. The van der Waals surface area contributed by atoms with E-state index in [0.717, 1.165) is 48.3 Å². The number of hydrogen-bond donors (Lipinski definition) is 0. The van der Waals surface area contributed by atoms with E-state index in [-0.39, 0.29) is 11.5 Å². The number of nitrogens with zero attached hydrogens (tertiary/aromatic N) is 4. The fourth-order valence-corrected chi connectivity index (χ4v) is 4.07. The maximum Gasteiger partial charge on any atom is 0.253 e. The minimum atomic E-state index is -0.572. The maximum absolute atomic E-state index is 13.0. The Kier molecular flexibility index (Phi) is 4.34. The fraction of sp³-hybridized carbons (Fsp3) is 0.381. The zero-order valence-corrected chi connectivity index (χ0v) is 16.0. The maximum atomic E-state index is 13.0. The highest BCUT2D eigenvalue weighted by molar-refractivity contribution is 5.87. The van der Waals surface area contributed by atoms with E-state index in [2.05, 4.69) is 0 Å². The third kappa shape index (κ3) is 2.85. The number of pyridine rings is 1. The van der Waals surface area contributed by atoms with Crippen LogP contribution in [0.25, 0.3) is 16.7 Å². The van der Waals surface area contributed by atoms with Crippen LogP contribution in [0.15, 0.2) is 41.2 Å². The fourth-order valence-electron chi connectivity index (χ4n) is 4.07. The first-order valence-electron chi connectivity index (χ1n) is 9.44. The van der Waals surface area contributed by atoms with Crippen LogP contribution < -0.4 is 5.56 Å². The van der Waals surface area contributed by atoms with Crippen LogP contribution in [0.3, 0.4) is 0 Å². The number of aryl methyl sites for hydroxylation is 2. The molecule has 1 aromatic carbocycles. The summed E-state index contributed by atoms with van der Waals surface area (Å²) < 4.78 is 3.39. The van der Waals surface area contributed by atoms with Crippen molar-refractivity contribution in [2.45, 2.75) is 39.7 Å². The molecule has 0 unspecified atom stereocenters. The summed E-state index contributed by atoms with van der Waals surface area (Å²) in [5.74, 6) is -0.00165. The quantitative estimate of drug-likeness (QED) is 0.718. The molecule has 1 atom stereocenters. The van der Waals surface area contributed by atoms with Gasteiger partial charge in [-0.2, -0.15) is 5.10 Å². The Hall–Kier alpha value is -2.89. The first-order chi connectivity index (χ1) is 13.0. The average molecular weight is 364 g/mol. The minimum absolute atomic E-state index is 0.00165. The van der Waals surface area contributed by atoms with E-state index in [9.17, 15) is 9.59 Å². The summed E-state index contributed by atoms with van der Waals surface area (Å²) in [6.07, 6.45) is 2.05. The van der Waals surface area contributed by atoms with Crippen LogP contribution in [0, 0.1) is 13.8 Å². The van der Waals surface area contributed by atoms with E-state index in [1.54, 1.807) is 15.3 Å². The number of carbonyl (C=O) groups is 1. The van der Waals surface area contributed by atoms with E-state index in [0.29, 0.717) is 5.65 Å². The highest BCUT2D eigenvalue weighted by atomic mass is 16.2. The molecule has 4 rings (SSSR count). The standard InChI is InChI=1S/C21H24N4O2/c1-14-13-18(26)24(16(3)21(27)23-11-7-8-12-23)20-19(14)15(2)22-25(20)17-9-5-4-6-10-17/h4-6,9-10,13,16H,7-8,11-12H2,1-3H3/t16-/m1/s1. The third-order valence-corrected chi connectivity index (χ3v) is 5.40. The van der Waals surface area contributed by atoms with Gasteiger partial charge in [0.05, 0.1) is 11.4 Å². The van der Waals surface area contributed by atoms with Gasteiger partial charge in [-0.3, -0.25) is 14.2 Å². The SMILES string of the molecule is Cc1cc(=O)n([C@H](C)C(=O)N2CCCC2)c2c1c(C)nn2-c1ccccc1. The monoisotopic (exact) mass is 364 g/mol. The zero-order valence-electron chi connectivity index (χ0n) is 16.0. The van der Waals surface area contributed by atoms with Gasteiger partial charge in [-0.25, -0.2) is 4.68 Å². The lowest BCUT2D eigenvalue weighted by Gasteiger charge is -2.23. The molecule has 0 radical (unpaired) electrons. The summed E-state index contributed by atoms with van der Waals surface area (Å²) in [5.41, 5.74) is 3.11. The van der Waals surface area contributed by atoms with Crippen LogP contribution in [0.5, 0.6) is 0 Å². The summed E-state index contributed by atoms with van der Waals surface area (Å²) >= 11 is 0. The van der Waals surface area contributed by atoms with Crippen LogP contribution in [-0.2, 0) is 4.79 Å². The van der Waals surface area contributed by atoms with Gasteiger partial charge in [0.15, 0.2) is 0 Å². The molecule has 3 aromatic rings. The van der Waals surface area contributed by atoms with E-state index in [4.69, 9.17) is 5.10 Å². The molecular weight excluding hydrogens is 340 g/mol. The van der Waals surface area contributed by atoms with E-state index < -0.39 is 6.04 Å². The normalized spacial score (nSPS) is 15.4. The molecule has 6 nitrogen and oxygen atoms in total. The number of benzene rings is 1. The summed E-state index contributed by atoms with van der Waals surface area (Å²) in [6, 6.07) is 10.8. The summed E-state index contributed by atoms with van der Waals surface area (Å²) in [7, 11) is 0. The van der Waals surface area contributed by atoms with Gasteiger partial charge in [0.25, 0.3) is 5.56 Å². The van der Waals surface area contributed by atoms with Crippen molar-refractivity contribution in [2.75, 3.05) is 13.1 Å². The van der Waals surface area contributed by atoms with Gasteiger partial charge >= 0.3 is 0 Å². The van der Waals surface area contributed by atoms with E-state index >= 15 is 0 Å². The van der Waals surface area contributed by atoms with Gasteiger partial charge < -0.3 is 4.90 Å². The van der Waals surface area contributed by atoms with Crippen molar-refractivity contribution in [2.24, 2.45) is 0 Å². The topological polar surface area (TPSA) is 60.1 Å². The first-order valence-corrected chi connectivity index (χ1v) is 9.44. The van der Waals surface area contributed by atoms with Crippen LogP contribution >= 0.6 is 0 Å². The molecule has 1 saturated heterocycles. The highest BCUT2D eigenvalue weighted by Gasteiger charge is 2.28. The van der Waals surface area contributed by atoms with Crippen molar-refractivity contribution in [3.05, 3.63) is 58.0 Å². The Morgan fingerprint density at radius 2 is 1.78 bits per heavy atom. The van der Waals surface area contributed by atoms with Crippen molar-refractivity contribution >= 4 is 16.9 Å². The van der Waals surface area contributed by atoms with Gasteiger partial charge in [-0.15, -0.1) is 0 Å². The van der Waals surface area contributed by atoms with E-state index in [1.165, 1.54) is 0 Å². The highest BCUT2D eigenvalue weighted by Crippen LogP contribution is 2.26. The van der Waals surface area contributed by atoms with Gasteiger partial charge in [0, 0.05) is 24.5 Å². The van der Waals surface area contributed by atoms with Crippen molar-refractivity contribution in [1.29, 1.82) is 0 Å². The Morgan fingerprint density at radius 1 is 1.11 bits per heavy atom. The van der Waals surface area contributed by atoms with Gasteiger partial charge in [0.2, 0.25) is 5.91 Å². The zero-order chi connectivity index (χ0) is 19.1. The van der Waals surface area contributed by atoms with Gasteiger partial charge in [-0.1, -0.05) is 18.2 Å². The molecule has 2 aromatic heterocycles. The predicted molar refractivity (Wildman–Crippen MR) is 105 cm³/mol. The Bertz CT molecular complexity index is 1060. The Morgan fingerprint density at radius 3 is 2.44 bits per heavy atom. The van der Waals surface area contributed by atoms with Gasteiger partial charge in [-0.05, 0) is 51.3 Å². The second-order valence-electron chi connectivity index (χ2n) is 7.28. The molecule has 0 bridgehead atoms. The molecule has 0 aliphatic carbocycles. The largest absolute Gasteiger partial charge is 0.341 e. The van der Waals surface area contributed by atoms with Crippen LogP contribution in [0.1, 0.15) is 37.1 Å².